The lowest BCUT2D eigenvalue weighted by Gasteiger charge is -2.16. The second kappa shape index (κ2) is 9.18. The molecular weight excluding hydrogens is 445 g/mol. The second-order valence-corrected chi connectivity index (χ2v) is 7.71. The lowest BCUT2D eigenvalue weighted by molar-refractivity contribution is 0.279. The van der Waals surface area contributed by atoms with Crippen molar-refractivity contribution in [2.75, 3.05) is 12.4 Å². The quantitative estimate of drug-likeness (QED) is 0.320. The molecule has 0 aliphatic rings. The van der Waals surface area contributed by atoms with Gasteiger partial charge in [0.05, 0.1) is 7.11 Å². The number of anilines is 1. The van der Waals surface area contributed by atoms with E-state index in [0.29, 0.717) is 23.6 Å². The van der Waals surface area contributed by atoms with Gasteiger partial charge in [0.15, 0.2) is 11.5 Å². The molecule has 0 radical (unpaired) electrons. The van der Waals surface area contributed by atoms with Gasteiger partial charge in [0.25, 0.3) is 0 Å². The number of methoxy groups -OCH3 is 1. The van der Waals surface area contributed by atoms with E-state index in [1.165, 1.54) is 16.8 Å². The number of hydrogen-bond donors (Lipinski definition) is 1. The zero-order valence-electron chi connectivity index (χ0n) is 16.5. The summed E-state index contributed by atoms with van der Waals surface area (Å²) in [5.74, 6) is 0.872. The molecule has 0 aromatic heterocycles. The summed E-state index contributed by atoms with van der Waals surface area (Å²) in [5, 5.41) is 5.87. The number of halogens is 2. The Morgan fingerprint density at radius 3 is 2.47 bits per heavy atom. The van der Waals surface area contributed by atoms with Crippen LogP contribution in [0.5, 0.6) is 11.5 Å². The van der Waals surface area contributed by atoms with Crippen LogP contribution in [0.4, 0.5) is 10.1 Å². The van der Waals surface area contributed by atoms with E-state index in [1.54, 1.807) is 25.3 Å². The Morgan fingerprint density at radius 1 is 0.867 bits per heavy atom. The summed E-state index contributed by atoms with van der Waals surface area (Å²) in [4.78, 5) is 0. The van der Waals surface area contributed by atoms with Crippen molar-refractivity contribution >= 4 is 32.4 Å². The van der Waals surface area contributed by atoms with E-state index in [-0.39, 0.29) is 12.4 Å². The first-order valence-electron chi connectivity index (χ1n) is 9.60. The van der Waals surface area contributed by atoms with Crippen LogP contribution >= 0.6 is 15.9 Å². The first-order chi connectivity index (χ1) is 14.7. The van der Waals surface area contributed by atoms with E-state index in [1.807, 2.05) is 30.3 Å². The predicted molar refractivity (Wildman–Crippen MR) is 123 cm³/mol. The molecule has 5 heteroatoms. The predicted octanol–water partition coefficient (Wildman–Crippen LogP) is 6.94. The third-order valence-corrected chi connectivity index (χ3v) is 5.67. The molecule has 0 bridgehead atoms. The van der Waals surface area contributed by atoms with Crippen molar-refractivity contribution in [1.29, 1.82) is 0 Å². The summed E-state index contributed by atoms with van der Waals surface area (Å²) >= 11 is 3.62. The lowest BCUT2D eigenvalue weighted by Crippen LogP contribution is -2.04. The highest BCUT2D eigenvalue weighted by molar-refractivity contribution is 9.10. The largest absolute Gasteiger partial charge is 0.493 e. The van der Waals surface area contributed by atoms with Crippen molar-refractivity contribution in [3.63, 3.8) is 0 Å². The van der Waals surface area contributed by atoms with Gasteiger partial charge in [0.1, 0.15) is 12.4 Å². The van der Waals surface area contributed by atoms with Gasteiger partial charge in [-0.3, -0.25) is 0 Å². The molecule has 0 saturated carbocycles. The fourth-order valence-corrected chi connectivity index (χ4v) is 3.79. The average molecular weight is 466 g/mol. The summed E-state index contributed by atoms with van der Waals surface area (Å²) in [5.41, 5.74) is 2.59. The van der Waals surface area contributed by atoms with Crippen LogP contribution in [0.3, 0.4) is 0 Å². The number of hydrogen-bond acceptors (Lipinski definition) is 3. The van der Waals surface area contributed by atoms with Crippen LogP contribution in [0.2, 0.25) is 0 Å². The Morgan fingerprint density at radius 2 is 1.63 bits per heavy atom. The molecule has 0 saturated heterocycles. The van der Waals surface area contributed by atoms with Crippen molar-refractivity contribution in [3.8, 4) is 11.5 Å². The molecule has 0 atom stereocenters. The number of fused-ring (bicyclic) bond motifs is 1. The van der Waals surface area contributed by atoms with Gasteiger partial charge in [-0.25, -0.2) is 4.39 Å². The Balaban J connectivity index is 1.52. The summed E-state index contributed by atoms with van der Waals surface area (Å²) in [6.07, 6.45) is 0. The maximum atomic E-state index is 13.9. The molecule has 0 aliphatic heterocycles. The number of ether oxygens (including phenoxy) is 2. The van der Waals surface area contributed by atoms with Gasteiger partial charge in [-0.05, 0) is 35.2 Å². The summed E-state index contributed by atoms with van der Waals surface area (Å²) < 4.78 is 26.1. The standard InChI is InChI=1S/C25H21BrFNO2/c1-29-24-13-19(15-28-23-12-6-9-17-7-2-4-10-20(17)23)21(26)14-25(24)30-16-18-8-3-5-11-22(18)27/h2-14,28H,15-16H2,1H3. The van der Waals surface area contributed by atoms with E-state index in [9.17, 15) is 4.39 Å². The molecule has 0 aliphatic carbocycles. The molecular formula is C25H21BrFNO2. The summed E-state index contributed by atoms with van der Waals surface area (Å²) in [7, 11) is 1.60. The Labute approximate surface area is 183 Å². The van der Waals surface area contributed by atoms with Crippen LogP contribution in [0, 0.1) is 5.82 Å². The van der Waals surface area contributed by atoms with Crippen LogP contribution in [0.25, 0.3) is 10.8 Å². The van der Waals surface area contributed by atoms with Gasteiger partial charge in [0.2, 0.25) is 0 Å². The smallest absolute Gasteiger partial charge is 0.162 e. The van der Waals surface area contributed by atoms with Gasteiger partial charge in [0, 0.05) is 27.7 Å². The molecule has 4 aromatic rings. The molecule has 0 fully saturated rings. The highest BCUT2D eigenvalue weighted by atomic mass is 79.9. The Bertz CT molecular complexity index is 1170. The monoisotopic (exact) mass is 465 g/mol. The van der Waals surface area contributed by atoms with Gasteiger partial charge < -0.3 is 14.8 Å². The molecule has 0 heterocycles. The van der Waals surface area contributed by atoms with Crippen LogP contribution in [0.15, 0.2) is 83.3 Å². The van der Waals surface area contributed by atoms with Crippen molar-refractivity contribution in [2.45, 2.75) is 13.2 Å². The Hall–Kier alpha value is -3.05. The van der Waals surface area contributed by atoms with Crippen molar-refractivity contribution in [3.05, 3.63) is 100 Å². The SMILES string of the molecule is COc1cc(CNc2cccc3ccccc23)c(Br)cc1OCc1ccccc1F. The first kappa shape index (κ1) is 20.2. The molecule has 4 rings (SSSR count). The average Bonchev–Trinajstić information content (AvgIpc) is 2.78. The normalized spacial score (nSPS) is 10.8. The van der Waals surface area contributed by atoms with Crippen molar-refractivity contribution in [2.24, 2.45) is 0 Å². The van der Waals surface area contributed by atoms with E-state index in [0.717, 1.165) is 15.7 Å². The zero-order valence-corrected chi connectivity index (χ0v) is 18.1. The number of benzene rings is 4. The highest BCUT2D eigenvalue weighted by Crippen LogP contribution is 2.35. The van der Waals surface area contributed by atoms with E-state index < -0.39 is 0 Å². The van der Waals surface area contributed by atoms with Gasteiger partial charge in [-0.15, -0.1) is 0 Å². The lowest BCUT2D eigenvalue weighted by atomic mass is 10.1. The summed E-state index contributed by atoms with van der Waals surface area (Å²) in [6.45, 7) is 0.738. The maximum absolute atomic E-state index is 13.9. The fourth-order valence-electron chi connectivity index (χ4n) is 3.33. The van der Waals surface area contributed by atoms with Crippen LogP contribution < -0.4 is 14.8 Å². The molecule has 0 unspecified atom stereocenters. The van der Waals surface area contributed by atoms with Crippen molar-refractivity contribution in [1.82, 2.24) is 0 Å². The van der Waals surface area contributed by atoms with E-state index in [4.69, 9.17) is 9.47 Å². The topological polar surface area (TPSA) is 30.5 Å². The molecule has 0 spiro atoms. The molecule has 152 valence electrons. The maximum Gasteiger partial charge on any atom is 0.162 e. The van der Waals surface area contributed by atoms with Gasteiger partial charge in [-0.1, -0.05) is 70.5 Å². The second-order valence-electron chi connectivity index (χ2n) is 6.85. The number of rotatable bonds is 7. The third kappa shape index (κ3) is 4.41. The van der Waals surface area contributed by atoms with Crippen LogP contribution in [-0.2, 0) is 13.2 Å². The minimum Gasteiger partial charge on any atom is -0.493 e. The minimum atomic E-state index is -0.286. The molecule has 0 amide bonds. The highest BCUT2D eigenvalue weighted by Gasteiger charge is 2.12. The molecule has 1 N–H and O–H groups in total. The summed E-state index contributed by atoms with van der Waals surface area (Å²) in [6, 6.07) is 24.9. The van der Waals surface area contributed by atoms with Crippen LogP contribution in [0.1, 0.15) is 11.1 Å². The van der Waals surface area contributed by atoms with Gasteiger partial charge >= 0.3 is 0 Å². The van der Waals surface area contributed by atoms with E-state index >= 15 is 0 Å². The minimum absolute atomic E-state index is 0.128. The van der Waals surface area contributed by atoms with Crippen LogP contribution in [-0.4, -0.2) is 7.11 Å². The molecule has 3 nitrogen and oxygen atoms in total. The third-order valence-electron chi connectivity index (χ3n) is 4.93. The number of nitrogens with one attached hydrogen (secondary N) is 1. The Kier molecular flexibility index (Phi) is 6.19. The van der Waals surface area contributed by atoms with Crippen molar-refractivity contribution < 1.29 is 13.9 Å². The molecule has 4 aromatic carbocycles. The van der Waals surface area contributed by atoms with E-state index in [2.05, 4.69) is 45.5 Å². The zero-order chi connectivity index (χ0) is 20.9. The molecule has 30 heavy (non-hydrogen) atoms. The fraction of sp³-hybridized carbons (Fsp3) is 0.120. The first-order valence-corrected chi connectivity index (χ1v) is 10.4. The van der Waals surface area contributed by atoms with Gasteiger partial charge in [-0.2, -0.15) is 0 Å².